The van der Waals surface area contributed by atoms with Gasteiger partial charge in [-0.2, -0.15) is 0 Å². The summed E-state index contributed by atoms with van der Waals surface area (Å²) in [6.07, 6.45) is 1.61. The Hall–Kier alpha value is -1.72. The first-order chi connectivity index (χ1) is 10.1. The monoisotopic (exact) mass is 347 g/mol. The molecule has 1 amide bonds. The fraction of sp³-hybridized carbons (Fsp3) is 0.250. The van der Waals surface area contributed by atoms with E-state index >= 15 is 0 Å². The van der Waals surface area contributed by atoms with Crippen LogP contribution < -0.4 is 5.32 Å². The molecule has 4 nitrogen and oxygen atoms in total. The molecular weight excluding hydrogens is 330 g/mol. The summed E-state index contributed by atoms with van der Waals surface area (Å²) >= 11 is 3.36. The molecule has 1 aromatic heterocycles. The molecule has 0 spiro atoms. The number of benzene rings is 1. The van der Waals surface area contributed by atoms with E-state index < -0.39 is 0 Å². The van der Waals surface area contributed by atoms with Crippen molar-refractivity contribution in [1.29, 1.82) is 0 Å². The highest BCUT2D eigenvalue weighted by atomic mass is 79.9. The van der Waals surface area contributed by atoms with E-state index in [9.17, 15) is 4.79 Å². The van der Waals surface area contributed by atoms with E-state index in [4.69, 9.17) is 0 Å². The van der Waals surface area contributed by atoms with Gasteiger partial charge in [0, 0.05) is 17.2 Å². The average molecular weight is 348 g/mol. The predicted molar refractivity (Wildman–Crippen MR) is 87.1 cm³/mol. The van der Waals surface area contributed by atoms with Crippen LogP contribution in [-0.2, 0) is 0 Å². The number of amides is 1. The number of carbonyl (C=O) groups is 1. The number of halogens is 1. The highest BCUT2D eigenvalue weighted by Gasteiger charge is 2.18. The molecule has 1 aromatic carbocycles. The van der Waals surface area contributed by atoms with Gasteiger partial charge in [0.05, 0.1) is 6.04 Å². The van der Waals surface area contributed by atoms with Gasteiger partial charge in [0.1, 0.15) is 5.69 Å². The minimum atomic E-state index is -0.182. The van der Waals surface area contributed by atoms with Crippen LogP contribution in [0, 0.1) is 0 Å². The first-order valence-electron chi connectivity index (χ1n) is 6.69. The van der Waals surface area contributed by atoms with Crippen LogP contribution >= 0.6 is 15.9 Å². The van der Waals surface area contributed by atoms with Crippen molar-refractivity contribution >= 4 is 21.8 Å². The van der Waals surface area contributed by atoms with Gasteiger partial charge in [-0.25, -0.2) is 4.98 Å². The lowest BCUT2D eigenvalue weighted by Gasteiger charge is -2.22. The third kappa shape index (κ3) is 4.37. The van der Waals surface area contributed by atoms with E-state index in [1.165, 1.54) is 0 Å². The van der Waals surface area contributed by atoms with E-state index in [2.05, 4.69) is 26.2 Å². The SMILES string of the molecule is CN(C)CC(NC(=O)c1ncccc1Br)c1ccccc1. The molecule has 0 aliphatic heterocycles. The van der Waals surface area contributed by atoms with Gasteiger partial charge in [-0.1, -0.05) is 30.3 Å². The molecule has 1 atom stereocenters. The van der Waals surface area contributed by atoms with Gasteiger partial charge in [0.15, 0.2) is 0 Å². The molecule has 0 fully saturated rings. The topological polar surface area (TPSA) is 45.2 Å². The van der Waals surface area contributed by atoms with Crippen molar-refractivity contribution in [3.63, 3.8) is 0 Å². The molecule has 21 heavy (non-hydrogen) atoms. The Morgan fingerprint density at radius 1 is 1.24 bits per heavy atom. The molecule has 2 aromatic rings. The van der Waals surface area contributed by atoms with Crippen LogP contribution in [0.25, 0.3) is 0 Å². The third-order valence-electron chi connectivity index (χ3n) is 3.03. The van der Waals surface area contributed by atoms with Gasteiger partial charge in [0.25, 0.3) is 5.91 Å². The van der Waals surface area contributed by atoms with E-state index in [0.29, 0.717) is 10.2 Å². The number of aromatic nitrogens is 1. The highest BCUT2D eigenvalue weighted by molar-refractivity contribution is 9.10. The summed E-state index contributed by atoms with van der Waals surface area (Å²) in [6.45, 7) is 0.722. The van der Waals surface area contributed by atoms with E-state index in [0.717, 1.165) is 12.1 Å². The first kappa shape index (κ1) is 15.7. The van der Waals surface area contributed by atoms with Gasteiger partial charge < -0.3 is 10.2 Å². The second kappa shape index (κ2) is 7.33. The number of carbonyl (C=O) groups excluding carboxylic acids is 1. The lowest BCUT2D eigenvalue weighted by molar-refractivity contribution is 0.0924. The summed E-state index contributed by atoms with van der Waals surface area (Å²) in [5, 5.41) is 3.05. The molecule has 0 saturated heterocycles. The molecular formula is C16H18BrN3O. The standard InChI is InChI=1S/C16H18BrN3O/c1-20(2)11-14(12-7-4-3-5-8-12)19-16(21)15-13(17)9-6-10-18-15/h3-10,14H,11H2,1-2H3,(H,19,21). The van der Waals surface area contributed by atoms with Gasteiger partial charge >= 0.3 is 0 Å². The number of nitrogens with one attached hydrogen (secondary N) is 1. The van der Waals surface area contributed by atoms with Crippen molar-refractivity contribution in [3.05, 3.63) is 64.4 Å². The molecule has 1 unspecified atom stereocenters. The summed E-state index contributed by atoms with van der Waals surface area (Å²) in [7, 11) is 3.97. The number of hydrogen-bond acceptors (Lipinski definition) is 3. The van der Waals surface area contributed by atoms with Gasteiger partial charge in [-0.05, 0) is 47.7 Å². The molecule has 5 heteroatoms. The Labute approximate surface area is 133 Å². The Morgan fingerprint density at radius 3 is 2.57 bits per heavy atom. The zero-order chi connectivity index (χ0) is 15.2. The Kier molecular flexibility index (Phi) is 5.47. The van der Waals surface area contributed by atoms with Crippen LogP contribution in [-0.4, -0.2) is 36.4 Å². The Morgan fingerprint density at radius 2 is 1.95 bits per heavy atom. The fourth-order valence-electron chi connectivity index (χ4n) is 2.06. The van der Waals surface area contributed by atoms with Crippen LogP contribution in [0.4, 0.5) is 0 Å². The lowest BCUT2D eigenvalue weighted by atomic mass is 10.1. The molecule has 0 bridgehead atoms. The molecule has 0 saturated carbocycles. The number of likely N-dealkylation sites (N-methyl/N-ethyl adjacent to an activating group) is 1. The molecule has 0 radical (unpaired) electrons. The van der Waals surface area contributed by atoms with Gasteiger partial charge in [-0.15, -0.1) is 0 Å². The molecule has 0 aliphatic carbocycles. The molecule has 110 valence electrons. The Bertz CT molecular complexity index is 601. The van der Waals surface area contributed by atoms with Crippen LogP contribution in [0.2, 0.25) is 0 Å². The van der Waals surface area contributed by atoms with Crippen molar-refractivity contribution in [1.82, 2.24) is 15.2 Å². The third-order valence-corrected chi connectivity index (χ3v) is 3.67. The number of pyridine rings is 1. The van der Waals surface area contributed by atoms with E-state index in [1.54, 1.807) is 12.3 Å². The number of hydrogen-bond donors (Lipinski definition) is 1. The van der Waals surface area contributed by atoms with Crippen LogP contribution in [0.1, 0.15) is 22.1 Å². The predicted octanol–water partition coefficient (Wildman–Crippen LogP) is 2.88. The summed E-state index contributed by atoms with van der Waals surface area (Å²) in [5.41, 5.74) is 1.48. The fourth-order valence-corrected chi connectivity index (χ4v) is 2.50. The maximum atomic E-state index is 12.4. The van der Waals surface area contributed by atoms with Crippen LogP contribution in [0.5, 0.6) is 0 Å². The van der Waals surface area contributed by atoms with E-state index in [1.807, 2.05) is 55.4 Å². The highest BCUT2D eigenvalue weighted by Crippen LogP contribution is 2.17. The van der Waals surface area contributed by atoms with E-state index in [-0.39, 0.29) is 11.9 Å². The van der Waals surface area contributed by atoms with Crippen LogP contribution in [0.15, 0.2) is 53.1 Å². The molecule has 2 rings (SSSR count). The first-order valence-corrected chi connectivity index (χ1v) is 7.48. The summed E-state index contributed by atoms with van der Waals surface area (Å²) in [5.74, 6) is -0.182. The second-order valence-corrected chi connectivity index (χ2v) is 5.89. The summed E-state index contributed by atoms with van der Waals surface area (Å²) in [4.78, 5) is 18.6. The van der Waals surface area contributed by atoms with Crippen molar-refractivity contribution in [3.8, 4) is 0 Å². The second-order valence-electron chi connectivity index (χ2n) is 5.03. The zero-order valence-corrected chi connectivity index (χ0v) is 13.7. The smallest absolute Gasteiger partial charge is 0.271 e. The normalized spacial score (nSPS) is 12.2. The van der Waals surface area contributed by atoms with Gasteiger partial charge in [-0.3, -0.25) is 4.79 Å². The quantitative estimate of drug-likeness (QED) is 0.904. The minimum absolute atomic E-state index is 0.0809. The largest absolute Gasteiger partial charge is 0.343 e. The molecule has 1 heterocycles. The van der Waals surface area contributed by atoms with Crippen LogP contribution in [0.3, 0.4) is 0 Å². The van der Waals surface area contributed by atoms with Gasteiger partial charge in [0.2, 0.25) is 0 Å². The average Bonchev–Trinajstić information content (AvgIpc) is 2.47. The van der Waals surface area contributed by atoms with Crippen molar-refractivity contribution < 1.29 is 4.79 Å². The summed E-state index contributed by atoms with van der Waals surface area (Å²) < 4.78 is 0.694. The zero-order valence-electron chi connectivity index (χ0n) is 12.1. The maximum absolute atomic E-state index is 12.4. The van der Waals surface area contributed by atoms with Crippen molar-refractivity contribution in [2.75, 3.05) is 20.6 Å². The number of rotatable bonds is 5. The van der Waals surface area contributed by atoms with Crippen molar-refractivity contribution in [2.45, 2.75) is 6.04 Å². The Balaban J connectivity index is 2.19. The number of nitrogens with zero attached hydrogens (tertiary/aromatic N) is 2. The van der Waals surface area contributed by atoms with Crippen molar-refractivity contribution in [2.24, 2.45) is 0 Å². The lowest BCUT2D eigenvalue weighted by Crippen LogP contribution is -2.35. The molecule has 0 aliphatic rings. The minimum Gasteiger partial charge on any atom is -0.343 e. The molecule has 1 N–H and O–H groups in total. The maximum Gasteiger partial charge on any atom is 0.271 e. The summed E-state index contributed by atoms with van der Waals surface area (Å²) in [6, 6.07) is 13.5.